The lowest BCUT2D eigenvalue weighted by Crippen LogP contribution is -2.34. The Labute approximate surface area is 113 Å². The molecule has 0 aromatic heterocycles. The molecule has 0 radical (unpaired) electrons. The molecule has 5 heteroatoms. The summed E-state index contributed by atoms with van der Waals surface area (Å²) in [7, 11) is 1.82. The summed E-state index contributed by atoms with van der Waals surface area (Å²) in [5, 5.41) is 0. The molecule has 2 amide bonds. The fourth-order valence-electron chi connectivity index (χ4n) is 2.42. The highest BCUT2D eigenvalue weighted by Crippen LogP contribution is 2.29. The third-order valence-corrected chi connectivity index (χ3v) is 3.34. The summed E-state index contributed by atoms with van der Waals surface area (Å²) in [6.07, 6.45) is 0. The molecule has 5 nitrogen and oxygen atoms in total. The molecule has 1 fully saturated rings. The van der Waals surface area contributed by atoms with Crippen molar-refractivity contribution in [3.05, 3.63) is 29.8 Å². The number of rotatable bonds is 5. The number of urea groups is 1. The molecule has 1 aromatic carbocycles. The predicted molar refractivity (Wildman–Crippen MR) is 74.1 cm³/mol. The second-order valence-electron chi connectivity index (χ2n) is 4.66. The van der Waals surface area contributed by atoms with Gasteiger partial charge in [0.1, 0.15) is 5.75 Å². The average molecular weight is 263 g/mol. The molecule has 0 saturated carbocycles. The number of nitrogens with two attached hydrogens (primary N) is 1. The first-order valence-electron chi connectivity index (χ1n) is 6.62. The van der Waals surface area contributed by atoms with Gasteiger partial charge >= 0.3 is 6.03 Å². The van der Waals surface area contributed by atoms with Crippen molar-refractivity contribution in [2.24, 2.45) is 5.73 Å². The molecule has 1 atom stereocenters. The molecule has 0 bridgehead atoms. The summed E-state index contributed by atoms with van der Waals surface area (Å²) in [6, 6.07) is 8.06. The molecule has 1 aromatic rings. The topological polar surface area (TPSA) is 58.8 Å². The van der Waals surface area contributed by atoms with Gasteiger partial charge in [-0.2, -0.15) is 0 Å². The van der Waals surface area contributed by atoms with Gasteiger partial charge in [-0.1, -0.05) is 12.1 Å². The largest absolute Gasteiger partial charge is 0.494 e. The molecule has 1 aliphatic heterocycles. The Morgan fingerprint density at radius 3 is 2.63 bits per heavy atom. The number of ether oxygens (including phenoxy) is 1. The summed E-state index contributed by atoms with van der Waals surface area (Å²) in [5.41, 5.74) is 6.71. The number of hydrogen-bond acceptors (Lipinski definition) is 3. The molecule has 1 aliphatic rings. The second kappa shape index (κ2) is 5.93. The Balaban J connectivity index is 2.17. The lowest BCUT2D eigenvalue weighted by atomic mass is 10.1. The van der Waals surface area contributed by atoms with Gasteiger partial charge in [0.25, 0.3) is 0 Å². The van der Waals surface area contributed by atoms with Gasteiger partial charge in [-0.15, -0.1) is 0 Å². The van der Waals surface area contributed by atoms with Crippen molar-refractivity contribution in [3.8, 4) is 5.75 Å². The van der Waals surface area contributed by atoms with E-state index < -0.39 is 0 Å². The summed E-state index contributed by atoms with van der Waals surface area (Å²) >= 11 is 0. The quantitative estimate of drug-likeness (QED) is 0.874. The Bertz CT molecular complexity index is 433. The maximum Gasteiger partial charge on any atom is 0.320 e. The van der Waals surface area contributed by atoms with Gasteiger partial charge in [0.2, 0.25) is 0 Å². The summed E-state index contributed by atoms with van der Waals surface area (Å²) in [5.74, 6) is 0.856. The monoisotopic (exact) mass is 263 g/mol. The minimum absolute atomic E-state index is 0.0457. The smallest absolute Gasteiger partial charge is 0.320 e. The van der Waals surface area contributed by atoms with E-state index in [0.717, 1.165) is 11.3 Å². The maximum atomic E-state index is 12.0. The Morgan fingerprint density at radius 1 is 1.37 bits per heavy atom. The van der Waals surface area contributed by atoms with Crippen LogP contribution in [0.15, 0.2) is 24.3 Å². The first kappa shape index (κ1) is 13.7. The number of carbonyl (C=O) groups is 1. The summed E-state index contributed by atoms with van der Waals surface area (Å²) in [6.45, 7) is 4.38. The third-order valence-electron chi connectivity index (χ3n) is 3.34. The molecule has 2 rings (SSSR count). The van der Waals surface area contributed by atoms with Gasteiger partial charge in [0, 0.05) is 26.7 Å². The second-order valence-corrected chi connectivity index (χ2v) is 4.66. The normalized spacial score (nSPS) is 19.1. The zero-order chi connectivity index (χ0) is 13.8. The first-order chi connectivity index (χ1) is 9.17. The van der Waals surface area contributed by atoms with Gasteiger partial charge in [-0.3, -0.25) is 0 Å². The van der Waals surface area contributed by atoms with Crippen LogP contribution in [-0.2, 0) is 0 Å². The third kappa shape index (κ3) is 2.81. The van der Waals surface area contributed by atoms with Crippen LogP contribution in [0.5, 0.6) is 5.75 Å². The van der Waals surface area contributed by atoms with Gasteiger partial charge in [0.05, 0.1) is 12.6 Å². The van der Waals surface area contributed by atoms with Crippen LogP contribution < -0.4 is 10.5 Å². The van der Waals surface area contributed by atoms with E-state index in [1.807, 2.05) is 43.1 Å². The van der Waals surface area contributed by atoms with E-state index >= 15 is 0 Å². The number of hydrogen-bond donors (Lipinski definition) is 1. The number of amides is 2. The lowest BCUT2D eigenvalue weighted by molar-refractivity contribution is 0.192. The van der Waals surface area contributed by atoms with Gasteiger partial charge in [0.15, 0.2) is 0 Å². The molecule has 1 unspecified atom stereocenters. The summed E-state index contributed by atoms with van der Waals surface area (Å²) in [4.78, 5) is 15.6. The highest BCUT2D eigenvalue weighted by Gasteiger charge is 2.35. The van der Waals surface area contributed by atoms with Crippen molar-refractivity contribution in [1.82, 2.24) is 9.80 Å². The Hall–Kier alpha value is -1.75. The van der Waals surface area contributed by atoms with Crippen LogP contribution in [0.25, 0.3) is 0 Å². The molecule has 19 heavy (non-hydrogen) atoms. The van der Waals surface area contributed by atoms with E-state index in [1.54, 1.807) is 4.90 Å². The van der Waals surface area contributed by atoms with Crippen molar-refractivity contribution in [2.75, 3.05) is 33.3 Å². The van der Waals surface area contributed by atoms with Crippen molar-refractivity contribution in [1.29, 1.82) is 0 Å². The van der Waals surface area contributed by atoms with Crippen LogP contribution >= 0.6 is 0 Å². The van der Waals surface area contributed by atoms with Crippen molar-refractivity contribution >= 4 is 6.03 Å². The SMILES string of the molecule is CCOc1ccc(C2CN(C)C(=O)N2CCN)cc1. The molecule has 1 heterocycles. The van der Waals surface area contributed by atoms with Crippen LogP contribution in [0.2, 0.25) is 0 Å². The molecule has 2 N–H and O–H groups in total. The van der Waals surface area contributed by atoms with Crippen LogP contribution in [0.1, 0.15) is 18.5 Å². The number of likely N-dealkylation sites (N-methyl/N-ethyl adjacent to an activating group) is 1. The maximum absolute atomic E-state index is 12.0. The number of benzene rings is 1. The van der Waals surface area contributed by atoms with E-state index in [0.29, 0.717) is 26.2 Å². The fraction of sp³-hybridized carbons (Fsp3) is 0.500. The molecular weight excluding hydrogens is 242 g/mol. The van der Waals surface area contributed by atoms with Gasteiger partial charge in [-0.05, 0) is 24.6 Å². The van der Waals surface area contributed by atoms with E-state index in [1.165, 1.54) is 0 Å². The predicted octanol–water partition coefficient (Wildman–Crippen LogP) is 1.45. The van der Waals surface area contributed by atoms with Gasteiger partial charge in [-0.25, -0.2) is 4.79 Å². The van der Waals surface area contributed by atoms with Crippen molar-refractivity contribution in [3.63, 3.8) is 0 Å². The Morgan fingerprint density at radius 2 is 2.05 bits per heavy atom. The average Bonchev–Trinajstić information content (AvgIpc) is 2.69. The lowest BCUT2D eigenvalue weighted by Gasteiger charge is -2.22. The molecule has 0 aliphatic carbocycles. The van der Waals surface area contributed by atoms with Crippen LogP contribution in [0, 0.1) is 0 Å². The molecule has 1 saturated heterocycles. The van der Waals surface area contributed by atoms with E-state index in [9.17, 15) is 4.79 Å². The molecular formula is C14H21N3O2. The van der Waals surface area contributed by atoms with Crippen LogP contribution in [0.3, 0.4) is 0 Å². The van der Waals surface area contributed by atoms with E-state index in [-0.39, 0.29) is 12.1 Å². The van der Waals surface area contributed by atoms with E-state index in [4.69, 9.17) is 10.5 Å². The highest BCUT2D eigenvalue weighted by atomic mass is 16.5. The number of carbonyl (C=O) groups excluding carboxylic acids is 1. The highest BCUT2D eigenvalue weighted by molar-refractivity contribution is 5.77. The van der Waals surface area contributed by atoms with E-state index in [2.05, 4.69) is 0 Å². The fourth-order valence-corrected chi connectivity index (χ4v) is 2.42. The van der Waals surface area contributed by atoms with Gasteiger partial charge < -0.3 is 20.3 Å². The zero-order valence-corrected chi connectivity index (χ0v) is 11.5. The minimum Gasteiger partial charge on any atom is -0.494 e. The van der Waals surface area contributed by atoms with Crippen LogP contribution in [-0.4, -0.2) is 49.1 Å². The zero-order valence-electron chi connectivity index (χ0n) is 11.5. The first-order valence-corrected chi connectivity index (χ1v) is 6.62. The Kier molecular flexibility index (Phi) is 4.27. The molecule has 0 spiro atoms. The minimum atomic E-state index is 0.0457. The molecule has 104 valence electrons. The van der Waals surface area contributed by atoms with Crippen molar-refractivity contribution in [2.45, 2.75) is 13.0 Å². The summed E-state index contributed by atoms with van der Waals surface area (Å²) < 4.78 is 5.43. The van der Waals surface area contributed by atoms with Crippen molar-refractivity contribution < 1.29 is 9.53 Å². The number of nitrogens with zero attached hydrogens (tertiary/aromatic N) is 2. The van der Waals surface area contributed by atoms with Crippen LogP contribution in [0.4, 0.5) is 4.79 Å². The standard InChI is InChI=1S/C14H21N3O2/c1-3-19-12-6-4-11(5-7-12)13-10-16(2)14(18)17(13)9-8-15/h4-7,13H,3,8-10,15H2,1-2H3.